The van der Waals surface area contributed by atoms with E-state index in [9.17, 15) is 25.5 Å². The molecule has 0 bridgehead atoms. The fraction of sp³-hybridized carbons (Fsp3) is 0.333. The highest BCUT2D eigenvalue weighted by molar-refractivity contribution is 5.67. The molecule has 2 aromatic rings. The van der Waals surface area contributed by atoms with Gasteiger partial charge in [-0.05, 0) is 37.3 Å². The molecular weight excluding hydrogens is 296 g/mol. The lowest BCUT2D eigenvalue weighted by atomic mass is 9.76. The highest BCUT2D eigenvalue weighted by Gasteiger charge is 2.39. The maximum absolute atomic E-state index is 10.7. The second-order valence-electron chi connectivity index (χ2n) is 6.27. The Morgan fingerprint density at radius 3 is 1.91 bits per heavy atom. The van der Waals surface area contributed by atoms with Crippen molar-refractivity contribution in [2.75, 3.05) is 0 Å². The maximum atomic E-state index is 10.7. The number of phenols is 3. The molecule has 5 nitrogen and oxygen atoms in total. The Morgan fingerprint density at radius 1 is 0.739 bits per heavy atom. The van der Waals surface area contributed by atoms with Crippen LogP contribution < -0.4 is 0 Å². The van der Waals surface area contributed by atoms with Crippen LogP contribution in [0.2, 0.25) is 0 Å². The van der Waals surface area contributed by atoms with Crippen molar-refractivity contribution < 1.29 is 25.5 Å². The van der Waals surface area contributed by atoms with Crippen molar-refractivity contribution in [1.29, 1.82) is 0 Å². The van der Waals surface area contributed by atoms with Gasteiger partial charge in [0, 0.05) is 27.8 Å². The number of rotatable bonds is 0. The summed E-state index contributed by atoms with van der Waals surface area (Å²) in [4.78, 5) is 0. The first-order chi connectivity index (χ1) is 11.0. The average molecular weight is 314 g/mol. The topological polar surface area (TPSA) is 101 Å². The number of benzene rings is 2. The van der Waals surface area contributed by atoms with Crippen molar-refractivity contribution in [3.63, 3.8) is 0 Å². The van der Waals surface area contributed by atoms with Crippen LogP contribution in [0.25, 0.3) is 0 Å². The molecule has 0 aliphatic heterocycles. The predicted molar refractivity (Wildman–Crippen MR) is 82.6 cm³/mol. The van der Waals surface area contributed by atoms with Crippen LogP contribution in [0, 0.1) is 0 Å². The summed E-state index contributed by atoms with van der Waals surface area (Å²) in [7, 11) is 0. The van der Waals surface area contributed by atoms with Crippen molar-refractivity contribution in [2.24, 2.45) is 0 Å². The molecule has 0 saturated carbocycles. The summed E-state index contributed by atoms with van der Waals surface area (Å²) >= 11 is 0. The highest BCUT2D eigenvalue weighted by Crippen LogP contribution is 2.53. The van der Waals surface area contributed by atoms with Gasteiger partial charge < -0.3 is 25.5 Å². The molecule has 4 rings (SSSR count). The van der Waals surface area contributed by atoms with Gasteiger partial charge in [0.2, 0.25) is 0 Å². The molecule has 0 heterocycles. The Morgan fingerprint density at radius 2 is 1.30 bits per heavy atom. The van der Waals surface area contributed by atoms with E-state index in [1.165, 1.54) is 6.07 Å². The normalized spacial score (nSPS) is 22.2. The van der Waals surface area contributed by atoms with E-state index in [1.54, 1.807) is 12.1 Å². The lowest BCUT2D eigenvalue weighted by Crippen LogP contribution is -2.20. The van der Waals surface area contributed by atoms with Gasteiger partial charge in [0.05, 0.1) is 0 Å². The summed E-state index contributed by atoms with van der Waals surface area (Å²) in [6.45, 7) is 0. The van der Waals surface area contributed by atoms with Gasteiger partial charge >= 0.3 is 0 Å². The number of phenolic OH excluding ortho intramolecular Hbond substituents is 3. The van der Waals surface area contributed by atoms with E-state index < -0.39 is 12.2 Å². The summed E-state index contributed by atoms with van der Waals surface area (Å²) in [6, 6.07) is 4.60. The first-order valence-corrected chi connectivity index (χ1v) is 7.79. The largest absolute Gasteiger partial charge is 0.508 e. The molecule has 2 aliphatic carbocycles. The Bertz CT molecular complexity index is 812. The lowest BCUT2D eigenvalue weighted by Gasteiger charge is -2.33. The molecule has 2 atom stereocenters. The van der Waals surface area contributed by atoms with Gasteiger partial charge in [-0.25, -0.2) is 0 Å². The number of fused-ring (bicyclic) bond motifs is 3. The van der Waals surface area contributed by atoms with Gasteiger partial charge in [-0.1, -0.05) is 12.1 Å². The van der Waals surface area contributed by atoms with Crippen molar-refractivity contribution in [1.82, 2.24) is 0 Å². The summed E-state index contributed by atoms with van der Waals surface area (Å²) in [5, 5.41) is 52.7. The minimum atomic E-state index is -1.29. The molecule has 0 aromatic heterocycles. The van der Waals surface area contributed by atoms with Gasteiger partial charge in [-0.2, -0.15) is 0 Å². The van der Waals surface area contributed by atoms with E-state index in [4.69, 9.17) is 0 Å². The van der Waals surface area contributed by atoms with Crippen LogP contribution in [0.3, 0.4) is 0 Å². The third kappa shape index (κ3) is 1.81. The van der Waals surface area contributed by atoms with Crippen LogP contribution in [0.15, 0.2) is 18.2 Å². The van der Waals surface area contributed by atoms with Crippen LogP contribution in [-0.4, -0.2) is 25.5 Å². The zero-order chi connectivity index (χ0) is 16.3. The number of hydrogen-bond acceptors (Lipinski definition) is 5. The second kappa shape index (κ2) is 4.88. The molecule has 0 unspecified atom stereocenters. The Labute approximate surface area is 133 Å². The Balaban J connectivity index is 2.05. The Hall–Kier alpha value is -2.24. The van der Waals surface area contributed by atoms with Crippen molar-refractivity contribution >= 4 is 0 Å². The predicted octanol–water partition coefficient (Wildman–Crippen LogP) is 2.16. The molecule has 2 aromatic carbocycles. The van der Waals surface area contributed by atoms with E-state index >= 15 is 0 Å². The molecule has 120 valence electrons. The van der Waals surface area contributed by atoms with Crippen LogP contribution in [0.1, 0.15) is 58.4 Å². The number of aliphatic hydroxyl groups is 2. The van der Waals surface area contributed by atoms with Crippen molar-refractivity contribution in [3.8, 4) is 17.2 Å². The third-order valence-corrected chi connectivity index (χ3v) is 5.07. The maximum Gasteiger partial charge on any atom is 0.125 e. The van der Waals surface area contributed by atoms with Crippen LogP contribution in [0.4, 0.5) is 0 Å². The SMILES string of the molecule is Oc1cccc2c1[C@H](O)c1c(O)c3c(c(O)c1[C@@H]2O)CCCC3. The number of hydrogen-bond donors (Lipinski definition) is 5. The standard InChI is InChI=1S/C18H18O5/c19-11-7-3-6-10-12(11)18(23)14-13(17(10)22)15(20)8-4-1-2-5-9(8)16(14)21/h3,6-7,17-23H,1-2,4-5H2/t17-,18+/m1/s1. The number of aromatic hydroxyl groups is 3. The van der Waals surface area contributed by atoms with Gasteiger partial charge in [0.1, 0.15) is 29.5 Å². The zero-order valence-corrected chi connectivity index (χ0v) is 12.5. The van der Waals surface area contributed by atoms with Gasteiger partial charge in [0.25, 0.3) is 0 Å². The van der Waals surface area contributed by atoms with Gasteiger partial charge in [-0.3, -0.25) is 0 Å². The Kier molecular flexibility index (Phi) is 3.04. The van der Waals surface area contributed by atoms with E-state index in [0.717, 1.165) is 12.8 Å². The monoisotopic (exact) mass is 314 g/mol. The summed E-state index contributed by atoms with van der Waals surface area (Å²) in [5.41, 5.74) is 2.06. The molecule has 5 heteroatoms. The fourth-order valence-corrected chi connectivity index (χ4v) is 3.97. The molecule has 0 fully saturated rings. The van der Waals surface area contributed by atoms with E-state index in [-0.39, 0.29) is 33.9 Å². The van der Waals surface area contributed by atoms with E-state index in [1.807, 2.05) is 0 Å². The quantitative estimate of drug-likeness (QED) is 0.480. The third-order valence-electron chi connectivity index (χ3n) is 5.07. The molecular formula is C18H18O5. The van der Waals surface area contributed by atoms with Gasteiger partial charge in [-0.15, -0.1) is 0 Å². The van der Waals surface area contributed by atoms with Crippen LogP contribution in [0.5, 0.6) is 17.2 Å². The number of aliphatic hydroxyl groups excluding tert-OH is 2. The summed E-state index contributed by atoms with van der Waals surface area (Å²) < 4.78 is 0. The molecule has 0 spiro atoms. The fourth-order valence-electron chi connectivity index (χ4n) is 3.97. The highest BCUT2D eigenvalue weighted by atomic mass is 16.3. The molecule has 23 heavy (non-hydrogen) atoms. The van der Waals surface area contributed by atoms with Crippen molar-refractivity contribution in [3.05, 3.63) is 51.6 Å². The second-order valence-corrected chi connectivity index (χ2v) is 6.27. The molecule has 5 N–H and O–H groups in total. The van der Waals surface area contributed by atoms with Crippen LogP contribution >= 0.6 is 0 Å². The van der Waals surface area contributed by atoms with Gasteiger partial charge in [0.15, 0.2) is 0 Å². The van der Waals surface area contributed by atoms with E-state index in [0.29, 0.717) is 29.5 Å². The lowest BCUT2D eigenvalue weighted by molar-refractivity contribution is 0.163. The smallest absolute Gasteiger partial charge is 0.125 e. The zero-order valence-electron chi connectivity index (χ0n) is 12.5. The molecule has 0 radical (unpaired) electrons. The van der Waals surface area contributed by atoms with Crippen LogP contribution in [-0.2, 0) is 12.8 Å². The summed E-state index contributed by atoms with van der Waals surface area (Å²) in [5.74, 6) is -0.266. The minimum absolute atomic E-state index is 0.0481. The van der Waals surface area contributed by atoms with Crippen molar-refractivity contribution in [2.45, 2.75) is 37.9 Å². The molecule has 2 aliphatic rings. The molecule has 0 saturated heterocycles. The first kappa shape index (κ1) is 14.4. The van der Waals surface area contributed by atoms with E-state index in [2.05, 4.69) is 0 Å². The first-order valence-electron chi connectivity index (χ1n) is 7.79. The molecule has 0 amide bonds. The summed E-state index contributed by atoms with van der Waals surface area (Å²) in [6.07, 6.45) is 0.584. The minimum Gasteiger partial charge on any atom is -0.508 e. The average Bonchev–Trinajstić information content (AvgIpc) is 2.55.